The van der Waals surface area contributed by atoms with Gasteiger partial charge in [-0.15, -0.1) is 0 Å². The standard InChI is InChI=1S/C17H19N3O3/c1-2-3-6-16(21)19-14-9-7-13(8-10-14)17(22)20-18-12-15-5-4-11-23-15/h4-5,7-12H,2-3,6H2,1H3,(H,19,21)(H,20,22)/b18-12+. The third-order valence-electron chi connectivity index (χ3n) is 3.09. The molecule has 0 spiro atoms. The van der Waals surface area contributed by atoms with Crippen LogP contribution in [0.3, 0.4) is 0 Å². The number of hydrazone groups is 1. The van der Waals surface area contributed by atoms with Crippen molar-refractivity contribution in [2.75, 3.05) is 5.32 Å². The molecule has 1 aromatic carbocycles. The number of furan rings is 1. The number of hydrogen-bond donors (Lipinski definition) is 2. The fourth-order valence-corrected chi connectivity index (χ4v) is 1.85. The second-order valence-corrected chi connectivity index (χ2v) is 4.94. The van der Waals surface area contributed by atoms with Crippen molar-refractivity contribution in [3.8, 4) is 0 Å². The van der Waals surface area contributed by atoms with Gasteiger partial charge in [-0.25, -0.2) is 5.43 Å². The van der Waals surface area contributed by atoms with Gasteiger partial charge in [0, 0.05) is 17.7 Å². The van der Waals surface area contributed by atoms with Crippen molar-refractivity contribution in [1.82, 2.24) is 5.43 Å². The zero-order chi connectivity index (χ0) is 16.5. The summed E-state index contributed by atoms with van der Waals surface area (Å²) in [6.45, 7) is 2.04. The van der Waals surface area contributed by atoms with Gasteiger partial charge >= 0.3 is 0 Å². The second-order valence-electron chi connectivity index (χ2n) is 4.94. The molecule has 1 aromatic heterocycles. The fraction of sp³-hybridized carbons (Fsp3) is 0.235. The lowest BCUT2D eigenvalue weighted by Crippen LogP contribution is -2.17. The Balaban J connectivity index is 1.86. The fourth-order valence-electron chi connectivity index (χ4n) is 1.85. The molecule has 0 aliphatic heterocycles. The van der Waals surface area contributed by atoms with E-state index >= 15 is 0 Å². The molecular formula is C17H19N3O3. The van der Waals surface area contributed by atoms with Crippen LogP contribution in [-0.2, 0) is 4.79 Å². The Bertz CT molecular complexity index is 661. The number of carbonyl (C=O) groups is 2. The molecule has 0 aliphatic rings. The molecule has 0 unspecified atom stereocenters. The van der Waals surface area contributed by atoms with Gasteiger partial charge in [0.15, 0.2) is 0 Å². The summed E-state index contributed by atoms with van der Waals surface area (Å²) in [5.41, 5.74) is 3.53. The van der Waals surface area contributed by atoms with E-state index in [1.165, 1.54) is 12.5 Å². The van der Waals surface area contributed by atoms with Gasteiger partial charge in [0.25, 0.3) is 5.91 Å². The molecule has 0 saturated carbocycles. The zero-order valence-corrected chi connectivity index (χ0v) is 12.9. The molecular weight excluding hydrogens is 294 g/mol. The topological polar surface area (TPSA) is 83.7 Å². The number of hydrogen-bond acceptors (Lipinski definition) is 4. The first kappa shape index (κ1) is 16.5. The van der Waals surface area contributed by atoms with E-state index in [-0.39, 0.29) is 11.8 Å². The van der Waals surface area contributed by atoms with E-state index in [0.29, 0.717) is 23.4 Å². The van der Waals surface area contributed by atoms with E-state index in [1.54, 1.807) is 36.4 Å². The van der Waals surface area contributed by atoms with E-state index in [0.717, 1.165) is 12.8 Å². The Hall–Kier alpha value is -2.89. The van der Waals surface area contributed by atoms with E-state index in [9.17, 15) is 9.59 Å². The number of carbonyl (C=O) groups excluding carboxylic acids is 2. The predicted octanol–water partition coefficient (Wildman–Crippen LogP) is 3.17. The van der Waals surface area contributed by atoms with Gasteiger partial charge in [0.1, 0.15) is 5.76 Å². The number of nitrogens with one attached hydrogen (secondary N) is 2. The summed E-state index contributed by atoms with van der Waals surface area (Å²) < 4.78 is 5.06. The largest absolute Gasteiger partial charge is 0.463 e. The number of anilines is 1. The minimum absolute atomic E-state index is 0.0212. The summed E-state index contributed by atoms with van der Waals surface area (Å²) in [4.78, 5) is 23.5. The van der Waals surface area contributed by atoms with Crippen LogP contribution in [0.4, 0.5) is 5.69 Å². The number of unbranched alkanes of at least 4 members (excludes halogenated alkanes) is 1. The maximum Gasteiger partial charge on any atom is 0.271 e. The van der Waals surface area contributed by atoms with E-state index in [1.807, 2.05) is 6.92 Å². The van der Waals surface area contributed by atoms with Crippen molar-refractivity contribution >= 4 is 23.7 Å². The first-order chi connectivity index (χ1) is 11.2. The smallest absolute Gasteiger partial charge is 0.271 e. The Morgan fingerprint density at radius 2 is 2.00 bits per heavy atom. The van der Waals surface area contributed by atoms with Crippen molar-refractivity contribution in [1.29, 1.82) is 0 Å². The molecule has 0 bridgehead atoms. The molecule has 6 heteroatoms. The number of benzene rings is 1. The van der Waals surface area contributed by atoms with Crippen LogP contribution in [0.5, 0.6) is 0 Å². The van der Waals surface area contributed by atoms with Crippen LogP contribution in [0.2, 0.25) is 0 Å². The molecule has 6 nitrogen and oxygen atoms in total. The van der Waals surface area contributed by atoms with Gasteiger partial charge in [-0.3, -0.25) is 9.59 Å². The highest BCUT2D eigenvalue weighted by molar-refractivity contribution is 5.96. The molecule has 23 heavy (non-hydrogen) atoms. The summed E-state index contributed by atoms with van der Waals surface area (Å²) in [6, 6.07) is 10.1. The molecule has 0 atom stereocenters. The monoisotopic (exact) mass is 313 g/mol. The lowest BCUT2D eigenvalue weighted by atomic mass is 10.2. The SMILES string of the molecule is CCCCC(=O)Nc1ccc(C(=O)N/N=C/c2ccco2)cc1. The van der Waals surface area contributed by atoms with Crippen LogP contribution in [0.15, 0.2) is 52.2 Å². The molecule has 0 saturated heterocycles. The van der Waals surface area contributed by atoms with Gasteiger partial charge in [0.05, 0.1) is 12.5 Å². The molecule has 0 radical (unpaired) electrons. The highest BCUT2D eigenvalue weighted by Gasteiger charge is 2.05. The maximum absolute atomic E-state index is 11.9. The third kappa shape index (κ3) is 5.43. The Morgan fingerprint density at radius 3 is 2.65 bits per heavy atom. The quantitative estimate of drug-likeness (QED) is 0.608. The Morgan fingerprint density at radius 1 is 1.22 bits per heavy atom. The molecule has 120 valence electrons. The van der Waals surface area contributed by atoms with Crippen molar-refractivity contribution in [3.05, 3.63) is 54.0 Å². The normalized spacial score (nSPS) is 10.7. The average molecular weight is 313 g/mol. The van der Waals surface area contributed by atoms with Crippen molar-refractivity contribution in [2.24, 2.45) is 5.10 Å². The average Bonchev–Trinajstić information content (AvgIpc) is 3.07. The molecule has 0 aliphatic carbocycles. The van der Waals surface area contributed by atoms with Gasteiger partial charge in [-0.1, -0.05) is 13.3 Å². The van der Waals surface area contributed by atoms with E-state index < -0.39 is 0 Å². The summed E-state index contributed by atoms with van der Waals surface area (Å²) in [5, 5.41) is 6.60. The van der Waals surface area contributed by atoms with Crippen molar-refractivity contribution < 1.29 is 14.0 Å². The van der Waals surface area contributed by atoms with Crippen LogP contribution in [0.1, 0.15) is 42.3 Å². The molecule has 0 fully saturated rings. The lowest BCUT2D eigenvalue weighted by Gasteiger charge is -2.05. The van der Waals surface area contributed by atoms with E-state index in [2.05, 4.69) is 15.8 Å². The van der Waals surface area contributed by atoms with Crippen LogP contribution >= 0.6 is 0 Å². The highest BCUT2D eigenvalue weighted by atomic mass is 16.3. The van der Waals surface area contributed by atoms with E-state index in [4.69, 9.17) is 4.42 Å². The summed E-state index contributed by atoms with van der Waals surface area (Å²) in [5.74, 6) is 0.194. The first-order valence-electron chi connectivity index (χ1n) is 7.46. The van der Waals surface area contributed by atoms with Crippen LogP contribution in [-0.4, -0.2) is 18.0 Å². The third-order valence-corrected chi connectivity index (χ3v) is 3.09. The summed E-state index contributed by atoms with van der Waals surface area (Å²) >= 11 is 0. The lowest BCUT2D eigenvalue weighted by molar-refractivity contribution is -0.116. The predicted molar refractivity (Wildman–Crippen MR) is 88.4 cm³/mol. The molecule has 1 heterocycles. The first-order valence-corrected chi connectivity index (χ1v) is 7.46. The Labute approximate surface area is 134 Å². The van der Waals surface area contributed by atoms with Gasteiger partial charge < -0.3 is 9.73 Å². The summed E-state index contributed by atoms with van der Waals surface area (Å²) in [6.07, 6.45) is 5.28. The minimum atomic E-state index is -0.336. The van der Waals surface area contributed by atoms with Crippen LogP contribution in [0, 0.1) is 0 Å². The molecule has 2 aromatic rings. The van der Waals surface area contributed by atoms with Gasteiger partial charge in [-0.2, -0.15) is 5.10 Å². The van der Waals surface area contributed by atoms with Gasteiger partial charge in [0.2, 0.25) is 5.91 Å². The number of rotatable bonds is 7. The number of nitrogens with zero attached hydrogens (tertiary/aromatic N) is 1. The summed E-state index contributed by atoms with van der Waals surface area (Å²) in [7, 11) is 0. The maximum atomic E-state index is 11.9. The molecule has 2 rings (SSSR count). The second kappa shape index (κ2) is 8.53. The Kier molecular flexibility index (Phi) is 6.11. The van der Waals surface area contributed by atoms with Crippen LogP contribution < -0.4 is 10.7 Å². The molecule has 2 amide bonds. The van der Waals surface area contributed by atoms with Crippen LogP contribution in [0.25, 0.3) is 0 Å². The zero-order valence-electron chi connectivity index (χ0n) is 12.9. The van der Waals surface area contributed by atoms with Crippen molar-refractivity contribution in [2.45, 2.75) is 26.2 Å². The molecule has 2 N–H and O–H groups in total. The van der Waals surface area contributed by atoms with Gasteiger partial charge in [-0.05, 0) is 42.8 Å². The van der Waals surface area contributed by atoms with Crippen molar-refractivity contribution in [3.63, 3.8) is 0 Å². The highest BCUT2D eigenvalue weighted by Crippen LogP contribution is 2.10. The number of amides is 2. The minimum Gasteiger partial charge on any atom is -0.463 e.